The van der Waals surface area contributed by atoms with Crippen molar-refractivity contribution in [3.63, 3.8) is 0 Å². The highest BCUT2D eigenvalue weighted by molar-refractivity contribution is 9.10. The Morgan fingerprint density at radius 1 is 1.53 bits per heavy atom. The Balaban J connectivity index is 2.40. The zero-order valence-corrected chi connectivity index (χ0v) is 13.6. The van der Waals surface area contributed by atoms with Crippen LogP contribution in [0.15, 0.2) is 16.6 Å². The number of alkyl halides is 1. The van der Waals surface area contributed by atoms with Crippen molar-refractivity contribution in [2.45, 2.75) is 13.3 Å². The number of anilines is 1. The summed E-state index contributed by atoms with van der Waals surface area (Å²) >= 11 is 6.67. The molecule has 1 aliphatic heterocycles. The van der Waals surface area contributed by atoms with Gasteiger partial charge in [-0.05, 0) is 34.8 Å². The first-order valence-electron chi connectivity index (χ1n) is 6.05. The van der Waals surface area contributed by atoms with Gasteiger partial charge in [0, 0.05) is 24.4 Å². The third-order valence-electron chi connectivity index (χ3n) is 2.99. The molecule has 1 unspecified atom stereocenters. The molecule has 0 N–H and O–H groups in total. The van der Waals surface area contributed by atoms with E-state index in [2.05, 4.69) is 31.9 Å². The van der Waals surface area contributed by atoms with E-state index in [1.54, 1.807) is 4.90 Å². The smallest absolute Gasteiger partial charge is 0.227 e. The van der Waals surface area contributed by atoms with E-state index in [0.29, 0.717) is 35.5 Å². The van der Waals surface area contributed by atoms with Crippen LogP contribution in [0.5, 0.6) is 5.75 Å². The molecule has 2 rings (SSSR count). The van der Waals surface area contributed by atoms with Gasteiger partial charge in [-0.15, -0.1) is 0 Å². The first-order chi connectivity index (χ1) is 9.06. The van der Waals surface area contributed by atoms with E-state index in [4.69, 9.17) is 4.74 Å². The Labute approximate surface area is 128 Å². The van der Waals surface area contributed by atoms with Crippen molar-refractivity contribution in [3.05, 3.63) is 22.4 Å². The first-order valence-corrected chi connectivity index (χ1v) is 7.96. The van der Waals surface area contributed by atoms with Crippen LogP contribution < -0.4 is 9.64 Å². The second-order valence-corrected chi connectivity index (χ2v) is 5.90. The summed E-state index contributed by atoms with van der Waals surface area (Å²) in [5, 5.41) is 0.760. The lowest BCUT2D eigenvalue weighted by atomic mass is 10.2. The van der Waals surface area contributed by atoms with Crippen LogP contribution in [-0.4, -0.2) is 24.4 Å². The maximum Gasteiger partial charge on any atom is 0.227 e. The van der Waals surface area contributed by atoms with E-state index < -0.39 is 0 Å². The van der Waals surface area contributed by atoms with E-state index in [0.717, 1.165) is 5.33 Å². The fourth-order valence-electron chi connectivity index (χ4n) is 2.15. The fourth-order valence-corrected chi connectivity index (χ4v) is 3.12. The van der Waals surface area contributed by atoms with Gasteiger partial charge in [-0.3, -0.25) is 4.79 Å². The van der Waals surface area contributed by atoms with Gasteiger partial charge in [-0.25, -0.2) is 4.39 Å². The van der Waals surface area contributed by atoms with E-state index in [1.807, 2.05) is 6.92 Å². The molecule has 1 amide bonds. The van der Waals surface area contributed by atoms with Crippen LogP contribution in [0.2, 0.25) is 0 Å². The van der Waals surface area contributed by atoms with Crippen LogP contribution in [0.3, 0.4) is 0 Å². The van der Waals surface area contributed by atoms with Gasteiger partial charge >= 0.3 is 0 Å². The van der Waals surface area contributed by atoms with Gasteiger partial charge in [0.05, 0.1) is 16.8 Å². The average Bonchev–Trinajstić information content (AvgIpc) is 2.74. The van der Waals surface area contributed by atoms with Crippen molar-refractivity contribution in [1.82, 2.24) is 0 Å². The maximum atomic E-state index is 13.6. The topological polar surface area (TPSA) is 29.5 Å². The Morgan fingerprint density at radius 3 is 2.84 bits per heavy atom. The van der Waals surface area contributed by atoms with E-state index >= 15 is 0 Å². The summed E-state index contributed by atoms with van der Waals surface area (Å²) in [5.74, 6) is 0.389. The van der Waals surface area contributed by atoms with Crippen LogP contribution in [0, 0.1) is 11.7 Å². The van der Waals surface area contributed by atoms with Gasteiger partial charge in [-0.2, -0.15) is 0 Å². The van der Waals surface area contributed by atoms with Gasteiger partial charge in [0.2, 0.25) is 5.91 Å². The molecule has 1 aromatic carbocycles. The monoisotopic (exact) mass is 393 g/mol. The highest BCUT2D eigenvalue weighted by atomic mass is 79.9. The largest absolute Gasteiger partial charge is 0.490 e. The van der Waals surface area contributed by atoms with Crippen molar-refractivity contribution in [1.29, 1.82) is 0 Å². The molecule has 0 saturated carbocycles. The predicted octanol–water partition coefficient (Wildman–Crippen LogP) is 3.73. The summed E-state index contributed by atoms with van der Waals surface area (Å²) in [5.41, 5.74) is 0.502. The molecule has 0 bridgehead atoms. The van der Waals surface area contributed by atoms with Crippen molar-refractivity contribution in [3.8, 4) is 5.75 Å². The molecule has 1 saturated heterocycles. The fraction of sp³-hybridized carbons (Fsp3) is 0.462. The molecule has 1 heterocycles. The number of rotatable bonds is 4. The molecule has 1 aromatic rings. The summed E-state index contributed by atoms with van der Waals surface area (Å²) in [6.07, 6.45) is 0.477. The average molecular weight is 395 g/mol. The summed E-state index contributed by atoms with van der Waals surface area (Å²) < 4.78 is 19.6. The molecule has 3 nitrogen and oxygen atoms in total. The number of halogens is 3. The molecule has 0 radical (unpaired) electrons. The zero-order chi connectivity index (χ0) is 14.0. The molecule has 0 aromatic heterocycles. The summed E-state index contributed by atoms with van der Waals surface area (Å²) in [4.78, 5) is 13.6. The third kappa shape index (κ3) is 3.11. The minimum Gasteiger partial charge on any atom is -0.490 e. The number of amides is 1. The lowest BCUT2D eigenvalue weighted by Crippen LogP contribution is -2.25. The van der Waals surface area contributed by atoms with E-state index in [1.165, 1.54) is 12.1 Å². The first kappa shape index (κ1) is 14.8. The molecule has 0 spiro atoms. The highest BCUT2D eigenvalue weighted by Crippen LogP contribution is 2.39. The number of nitrogens with zero attached hydrogens (tertiary/aromatic N) is 1. The van der Waals surface area contributed by atoms with Crippen LogP contribution in [0.25, 0.3) is 0 Å². The summed E-state index contributed by atoms with van der Waals surface area (Å²) in [7, 11) is 0. The quantitative estimate of drug-likeness (QED) is 0.728. The molecular formula is C13H14Br2FNO2. The summed E-state index contributed by atoms with van der Waals surface area (Å²) in [6.45, 7) is 2.90. The van der Waals surface area contributed by atoms with Crippen molar-refractivity contribution in [2.75, 3.05) is 23.4 Å². The number of carbonyl (C=O) groups is 1. The minimum absolute atomic E-state index is 0.00269. The molecule has 1 aliphatic rings. The number of hydrogen-bond acceptors (Lipinski definition) is 2. The van der Waals surface area contributed by atoms with Crippen LogP contribution in [-0.2, 0) is 4.79 Å². The zero-order valence-electron chi connectivity index (χ0n) is 10.5. The maximum absolute atomic E-state index is 13.6. The Hall–Kier alpha value is -0.620. The molecule has 104 valence electrons. The van der Waals surface area contributed by atoms with Crippen molar-refractivity contribution in [2.24, 2.45) is 5.92 Å². The van der Waals surface area contributed by atoms with Gasteiger partial charge in [-0.1, -0.05) is 15.9 Å². The summed E-state index contributed by atoms with van der Waals surface area (Å²) in [6, 6.07) is 2.70. The molecule has 1 atom stereocenters. The molecule has 1 fully saturated rings. The number of carbonyl (C=O) groups excluding carboxylic acids is 1. The second kappa shape index (κ2) is 6.22. The van der Waals surface area contributed by atoms with Gasteiger partial charge < -0.3 is 9.64 Å². The SMILES string of the molecule is CCOc1c(Br)cc(F)cc1N1CC(CBr)CC1=O. The predicted molar refractivity (Wildman–Crippen MR) is 79.5 cm³/mol. The highest BCUT2D eigenvalue weighted by Gasteiger charge is 2.32. The normalized spacial score (nSPS) is 19.1. The second-order valence-electron chi connectivity index (χ2n) is 4.40. The van der Waals surface area contributed by atoms with Crippen LogP contribution >= 0.6 is 31.9 Å². The minimum atomic E-state index is -0.388. The Morgan fingerprint density at radius 2 is 2.26 bits per heavy atom. The van der Waals surface area contributed by atoms with Crippen LogP contribution in [0.4, 0.5) is 10.1 Å². The van der Waals surface area contributed by atoms with E-state index in [-0.39, 0.29) is 17.6 Å². The van der Waals surface area contributed by atoms with Crippen molar-refractivity contribution < 1.29 is 13.9 Å². The standard InChI is InChI=1S/C13H14Br2FNO2/c1-2-19-13-10(15)4-9(16)5-11(13)17-7-8(6-14)3-12(17)18/h4-5,8H,2-3,6-7H2,1H3. The molecule has 6 heteroatoms. The third-order valence-corrected chi connectivity index (χ3v) is 4.50. The number of hydrogen-bond donors (Lipinski definition) is 0. The molecule has 19 heavy (non-hydrogen) atoms. The Kier molecular flexibility index (Phi) is 4.84. The number of ether oxygens (including phenoxy) is 1. The number of benzene rings is 1. The molecular weight excluding hydrogens is 381 g/mol. The lowest BCUT2D eigenvalue weighted by molar-refractivity contribution is -0.117. The van der Waals surface area contributed by atoms with Gasteiger partial charge in [0.25, 0.3) is 0 Å². The van der Waals surface area contributed by atoms with Gasteiger partial charge in [0.15, 0.2) is 5.75 Å². The van der Waals surface area contributed by atoms with E-state index in [9.17, 15) is 9.18 Å². The Bertz CT molecular complexity index is 496. The van der Waals surface area contributed by atoms with Gasteiger partial charge in [0.1, 0.15) is 5.82 Å². The molecule has 0 aliphatic carbocycles. The van der Waals surface area contributed by atoms with Crippen LogP contribution in [0.1, 0.15) is 13.3 Å². The van der Waals surface area contributed by atoms with Crippen molar-refractivity contribution >= 4 is 43.5 Å². The lowest BCUT2D eigenvalue weighted by Gasteiger charge is -2.21.